The Labute approximate surface area is 163 Å². The third-order valence-electron chi connectivity index (χ3n) is 5.04. The third kappa shape index (κ3) is 4.45. The van der Waals surface area contributed by atoms with Crippen molar-refractivity contribution < 1.29 is 9.59 Å². The lowest BCUT2D eigenvalue weighted by molar-refractivity contribution is -0.127. The van der Waals surface area contributed by atoms with Crippen LogP contribution in [0.2, 0.25) is 0 Å². The molecule has 1 aliphatic heterocycles. The zero-order chi connectivity index (χ0) is 20.1. The van der Waals surface area contributed by atoms with Crippen molar-refractivity contribution in [2.24, 2.45) is 7.05 Å². The normalized spacial score (nSPS) is 17.4. The Morgan fingerprint density at radius 2 is 1.89 bits per heavy atom. The minimum atomic E-state index is -0.418. The lowest BCUT2D eigenvalue weighted by atomic mass is 10.1. The highest BCUT2D eigenvalue weighted by Gasteiger charge is 2.34. The van der Waals surface area contributed by atoms with Crippen molar-refractivity contribution in [3.63, 3.8) is 0 Å². The maximum atomic E-state index is 12.8. The fraction of sp³-hybridized carbons (Fsp3) is 0.400. The number of likely N-dealkylation sites (N-methyl/N-ethyl adjacent to an activating group) is 1. The zero-order valence-electron chi connectivity index (χ0n) is 16.2. The van der Waals surface area contributed by atoms with Gasteiger partial charge in [0.2, 0.25) is 5.91 Å². The Hall–Kier alpha value is -3.00. The Morgan fingerprint density at radius 3 is 2.57 bits per heavy atom. The van der Waals surface area contributed by atoms with Gasteiger partial charge in [0.05, 0.1) is 0 Å². The number of carbonyl (C=O) groups excluding carboxylic acids is 2. The molecule has 2 heterocycles. The second-order valence-corrected chi connectivity index (χ2v) is 6.83. The van der Waals surface area contributed by atoms with Crippen molar-refractivity contribution in [3.8, 4) is 0 Å². The number of hydrogen-bond donors (Lipinski definition) is 1. The molecule has 2 aromatic rings. The van der Waals surface area contributed by atoms with Crippen LogP contribution in [0.1, 0.15) is 16.1 Å². The zero-order valence-corrected chi connectivity index (χ0v) is 16.2. The van der Waals surface area contributed by atoms with Gasteiger partial charge in [0, 0.05) is 46.3 Å². The molecule has 28 heavy (non-hydrogen) atoms. The fourth-order valence-electron chi connectivity index (χ4n) is 3.38. The van der Waals surface area contributed by atoms with Crippen LogP contribution in [0.4, 0.5) is 0 Å². The standard InChI is InChI=1S/C20H25N5O3/c1-21-19(27)17-14-25(20(28)16-8-9-18(26)23(2)22-16)13-12-24(17)11-10-15-6-4-3-5-7-15/h3-9,17H,10-14H2,1-2H3,(H,21,27). The van der Waals surface area contributed by atoms with Crippen LogP contribution in [-0.4, -0.2) is 70.7 Å². The molecular weight excluding hydrogens is 358 g/mol. The summed E-state index contributed by atoms with van der Waals surface area (Å²) in [5.74, 6) is -0.383. The maximum absolute atomic E-state index is 12.8. The van der Waals surface area contributed by atoms with Gasteiger partial charge in [-0.05, 0) is 18.1 Å². The molecule has 1 unspecified atom stereocenters. The number of nitrogens with zero attached hydrogens (tertiary/aromatic N) is 4. The van der Waals surface area contributed by atoms with Gasteiger partial charge in [-0.2, -0.15) is 5.10 Å². The first-order chi connectivity index (χ1) is 13.5. The van der Waals surface area contributed by atoms with E-state index in [9.17, 15) is 14.4 Å². The Morgan fingerprint density at radius 1 is 1.14 bits per heavy atom. The van der Waals surface area contributed by atoms with E-state index in [0.717, 1.165) is 17.6 Å². The number of aryl methyl sites for hydroxylation is 1. The molecule has 8 heteroatoms. The molecule has 0 radical (unpaired) electrons. The minimum absolute atomic E-state index is 0.112. The van der Waals surface area contributed by atoms with Gasteiger partial charge >= 0.3 is 0 Å². The molecule has 148 valence electrons. The second-order valence-electron chi connectivity index (χ2n) is 6.83. The highest BCUT2D eigenvalue weighted by molar-refractivity contribution is 5.93. The monoisotopic (exact) mass is 383 g/mol. The molecule has 2 amide bonds. The fourth-order valence-corrected chi connectivity index (χ4v) is 3.38. The van der Waals surface area contributed by atoms with Crippen LogP contribution in [-0.2, 0) is 18.3 Å². The quantitative estimate of drug-likeness (QED) is 0.779. The Kier molecular flexibility index (Phi) is 6.20. The molecule has 0 bridgehead atoms. The van der Waals surface area contributed by atoms with Gasteiger partial charge in [0.15, 0.2) is 0 Å². The molecule has 1 atom stereocenters. The summed E-state index contributed by atoms with van der Waals surface area (Å²) in [6, 6.07) is 12.5. The maximum Gasteiger partial charge on any atom is 0.274 e. The largest absolute Gasteiger partial charge is 0.358 e. The minimum Gasteiger partial charge on any atom is -0.358 e. The van der Waals surface area contributed by atoms with Crippen molar-refractivity contribution in [1.29, 1.82) is 0 Å². The number of amides is 2. The molecule has 3 rings (SSSR count). The molecule has 1 saturated heterocycles. The van der Waals surface area contributed by atoms with E-state index < -0.39 is 6.04 Å². The SMILES string of the molecule is CNC(=O)C1CN(C(=O)c2ccc(=O)n(C)n2)CCN1CCc1ccccc1. The summed E-state index contributed by atoms with van der Waals surface area (Å²) >= 11 is 0. The number of hydrogen-bond acceptors (Lipinski definition) is 5. The molecule has 1 aromatic carbocycles. The van der Waals surface area contributed by atoms with E-state index in [-0.39, 0.29) is 29.6 Å². The van der Waals surface area contributed by atoms with Gasteiger partial charge in [-0.1, -0.05) is 30.3 Å². The van der Waals surface area contributed by atoms with Gasteiger partial charge < -0.3 is 10.2 Å². The smallest absolute Gasteiger partial charge is 0.274 e. The highest BCUT2D eigenvalue weighted by Crippen LogP contribution is 2.14. The lowest BCUT2D eigenvalue weighted by Gasteiger charge is -2.40. The Balaban J connectivity index is 1.70. The average molecular weight is 383 g/mol. The van der Waals surface area contributed by atoms with E-state index in [1.165, 1.54) is 24.7 Å². The van der Waals surface area contributed by atoms with Crippen molar-refractivity contribution in [3.05, 3.63) is 64.1 Å². The number of carbonyl (C=O) groups is 2. The number of nitrogens with one attached hydrogen (secondary N) is 1. The molecule has 1 aromatic heterocycles. The first-order valence-electron chi connectivity index (χ1n) is 9.33. The molecule has 1 N–H and O–H groups in total. The van der Waals surface area contributed by atoms with Gasteiger partial charge in [-0.25, -0.2) is 4.68 Å². The van der Waals surface area contributed by atoms with E-state index in [2.05, 4.69) is 27.4 Å². The summed E-state index contributed by atoms with van der Waals surface area (Å²) in [5.41, 5.74) is 1.15. The predicted octanol–water partition coefficient (Wildman–Crippen LogP) is -0.105. The van der Waals surface area contributed by atoms with Crippen LogP contribution in [0, 0.1) is 0 Å². The predicted molar refractivity (Wildman–Crippen MR) is 105 cm³/mol. The average Bonchev–Trinajstić information content (AvgIpc) is 2.73. The summed E-state index contributed by atoms with van der Waals surface area (Å²) in [6.07, 6.45) is 0.838. The van der Waals surface area contributed by atoms with Crippen molar-refractivity contribution in [1.82, 2.24) is 24.9 Å². The Bertz CT molecular complexity index is 896. The summed E-state index contributed by atoms with van der Waals surface area (Å²) in [4.78, 5) is 40.5. The van der Waals surface area contributed by atoms with Crippen LogP contribution in [0.5, 0.6) is 0 Å². The van der Waals surface area contributed by atoms with Crippen LogP contribution in [0.3, 0.4) is 0 Å². The molecule has 0 aliphatic carbocycles. The summed E-state index contributed by atoms with van der Waals surface area (Å²) in [7, 11) is 3.11. The topological polar surface area (TPSA) is 87.5 Å². The van der Waals surface area contributed by atoms with E-state index >= 15 is 0 Å². The first kappa shape index (κ1) is 19.8. The first-order valence-corrected chi connectivity index (χ1v) is 9.33. The molecule has 8 nitrogen and oxygen atoms in total. The van der Waals surface area contributed by atoms with Crippen LogP contribution in [0.25, 0.3) is 0 Å². The van der Waals surface area contributed by atoms with Crippen LogP contribution >= 0.6 is 0 Å². The van der Waals surface area contributed by atoms with Gasteiger partial charge in [0.25, 0.3) is 11.5 Å². The van der Waals surface area contributed by atoms with Crippen LogP contribution in [0.15, 0.2) is 47.3 Å². The van der Waals surface area contributed by atoms with Gasteiger partial charge in [-0.15, -0.1) is 0 Å². The van der Waals surface area contributed by atoms with Crippen LogP contribution < -0.4 is 10.9 Å². The van der Waals surface area contributed by atoms with Crippen molar-refractivity contribution in [2.75, 3.05) is 33.2 Å². The number of aromatic nitrogens is 2. The highest BCUT2D eigenvalue weighted by atomic mass is 16.2. The summed E-state index contributed by atoms with van der Waals surface area (Å²) in [5, 5.41) is 6.73. The van der Waals surface area contributed by atoms with Crippen molar-refractivity contribution >= 4 is 11.8 Å². The van der Waals surface area contributed by atoms with E-state index in [1.807, 2.05) is 18.2 Å². The summed E-state index contributed by atoms with van der Waals surface area (Å²) in [6.45, 7) is 2.13. The molecule has 1 fully saturated rings. The lowest BCUT2D eigenvalue weighted by Crippen LogP contribution is -2.60. The second kappa shape index (κ2) is 8.79. The number of benzene rings is 1. The molecule has 1 aliphatic rings. The van der Waals surface area contributed by atoms with E-state index in [1.54, 1.807) is 11.9 Å². The number of piperazine rings is 1. The third-order valence-corrected chi connectivity index (χ3v) is 5.04. The molecule has 0 spiro atoms. The summed E-state index contributed by atoms with van der Waals surface area (Å²) < 4.78 is 1.14. The number of rotatable bonds is 5. The molecule has 0 saturated carbocycles. The van der Waals surface area contributed by atoms with Gasteiger partial charge in [0.1, 0.15) is 11.7 Å². The van der Waals surface area contributed by atoms with E-state index in [0.29, 0.717) is 13.1 Å². The van der Waals surface area contributed by atoms with Crippen molar-refractivity contribution in [2.45, 2.75) is 12.5 Å². The molecular formula is C20H25N5O3. The van der Waals surface area contributed by atoms with E-state index in [4.69, 9.17) is 0 Å². The van der Waals surface area contributed by atoms with Gasteiger partial charge in [-0.3, -0.25) is 19.3 Å².